The van der Waals surface area contributed by atoms with E-state index in [0.717, 1.165) is 44.6 Å². The third-order valence-electron chi connectivity index (χ3n) is 8.71. The van der Waals surface area contributed by atoms with Gasteiger partial charge in [-0.05, 0) is 77.4 Å². The van der Waals surface area contributed by atoms with Crippen LogP contribution in [0.1, 0.15) is 40.5 Å². The van der Waals surface area contributed by atoms with E-state index in [0.29, 0.717) is 25.5 Å². The maximum absolute atomic E-state index is 11.7. The van der Waals surface area contributed by atoms with Gasteiger partial charge in [0.15, 0.2) is 0 Å². The molecular formula is C30H28N2O5S. The van der Waals surface area contributed by atoms with Gasteiger partial charge in [0.05, 0.1) is 11.2 Å². The first kappa shape index (κ1) is 23.5. The smallest absolute Gasteiger partial charge is 0.311 e. The Bertz CT molecular complexity index is 1760. The van der Waals surface area contributed by atoms with Gasteiger partial charge in [-0.2, -0.15) is 0 Å². The summed E-state index contributed by atoms with van der Waals surface area (Å²) in [6.07, 6.45) is 5.65. The Labute approximate surface area is 221 Å². The van der Waals surface area contributed by atoms with Gasteiger partial charge < -0.3 is 14.4 Å². The molecule has 4 aliphatic carbocycles. The summed E-state index contributed by atoms with van der Waals surface area (Å²) in [4.78, 5) is 16.4. The molecule has 2 heterocycles. The Kier molecular flexibility index (Phi) is 4.90. The number of aromatic nitrogens is 2. The lowest BCUT2D eigenvalue weighted by Crippen LogP contribution is -2.09. The van der Waals surface area contributed by atoms with Crippen molar-refractivity contribution in [3.8, 4) is 16.9 Å². The first-order valence-corrected chi connectivity index (χ1v) is 15.0. The number of carboxylic acids is 1. The zero-order valence-electron chi connectivity index (χ0n) is 21.2. The molecule has 2 aromatic heterocycles. The van der Waals surface area contributed by atoms with Crippen LogP contribution in [0.5, 0.6) is 5.75 Å². The third kappa shape index (κ3) is 3.42. The Morgan fingerprint density at radius 3 is 2.68 bits per heavy atom. The van der Waals surface area contributed by atoms with Gasteiger partial charge in [-0.15, -0.1) is 0 Å². The van der Waals surface area contributed by atoms with Crippen LogP contribution in [0.15, 0.2) is 60.9 Å². The summed E-state index contributed by atoms with van der Waals surface area (Å²) in [6, 6.07) is 16.5. The summed E-state index contributed by atoms with van der Waals surface area (Å²) >= 11 is 0. The largest absolute Gasteiger partial charge is 0.489 e. The van der Waals surface area contributed by atoms with Crippen molar-refractivity contribution in [1.82, 2.24) is 9.55 Å². The summed E-state index contributed by atoms with van der Waals surface area (Å²) in [7, 11) is -2.98. The van der Waals surface area contributed by atoms with Gasteiger partial charge in [-0.25, -0.2) is 13.4 Å². The minimum Gasteiger partial charge on any atom is -0.489 e. The van der Waals surface area contributed by atoms with Crippen molar-refractivity contribution in [2.24, 2.45) is 11.3 Å². The van der Waals surface area contributed by atoms with Gasteiger partial charge in [0, 0.05) is 48.0 Å². The van der Waals surface area contributed by atoms with Crippen LogP contribution in [0.4, 0.5) is 0 Å². The fourth-order valence-electron chi connectivity index (χ4n) is 6.78. The van der Waals surface area contributed by atoms with E-state index in [1.165, 1.54) is 11.8 Å². The average Bonchev–Trinajstić information content (AvgIpc) is 3.57. The van der Waals surface area contributed by atoms with Crippen molar-refractivity contribution in [3.63, 3.8) is 0 Å². The molecule has 2 saturated carbocycles. The highest BCUT2D eigenvalue weighted by Crippen LogP contribution is 2.96. The van der Waals surface area contributed by atoms with Crippen LogP contribution in [-0.4, -0.2) is 41.1 Å². The molecule has 0 amide bonds. The number of aryl methyl sites for hydroxylation is 2. The van der Waals surface area contributed by atoms with Gasteiger partial charge in [0.1, 0.15) is 27.8 Å². The van der Waals surface area contributed by atoms with E-state index in [1.54, 1.807) is 0 Å². The Morgan fingerprint density at radius 1 is 1.11 bits per heavy atom. The van der Waals surface area contributed by atoms with Crippen LogP contribution in [0.2, 0.25) is 0 Å². The molecule has 4 aliphatic rings. The standard InChI is InChI=1S/C30H28N2O5S/c1-17-4-5-18(16-37-21-6-7-22-24(14-21)26-27-25(22)30(26,27)29(33)34)12-23(17)20-13-19-8-10-32(28(19)31-15-20)9-3-11-38(2,35)36/h4-8,10,12-15,25-27H,3,9,11,16H2,1-2H3,(H,33,34)/t25-,26?,27-,30+/m0/s1. The second kappa shape index (κ2) is 7.93. The molecule has 0 radical (unpaired) electrons. The molecule has 0 spiro atoms. The molecule has 1 unspecified atom stereocenters. The quantitative estimate of drug-likeness (QED) is 0.331. The number of hydrogen-bond donors (Lipinski definition) is 1. The second-order valence-electron chi connectivity index (χ2n) is 11.1. The second-order valence-corrected chi connectivity index (χ2v) is 13.3. The van der Waals surface area contributed by atoms with E-state index >= 15 is 0 Å². The fraction of sp³-hybridized carbons (Fsp3) is 0.333. The lowest BCUT2D eigenvalue weighted by molar-refractivity contribution is -0.141. The number of carboxylic acid groups (broad SMARTS) is 1. The number of pyridine rings is 1. The summed E-state index contributed by atoms with van der Waals surface area (Å²) in [5.41, 5.74) is 6.99. The minimum absolute atomic E-state index is 0.162. The van der Waals surface area contributed by atoms with Crippen LogP contribution in [0, 0.1) is 18.3 Å². The number of sulfone groups is 1. The number of fused-ring (bicyclic) bond motifs is 1. The summed E-state index contributed by atoms with van der Waals surface area (Å²) in [5, 5.41) is 10.6. The lowest BCUT2D eigenvalue weighted by atomic mass is 9.99. The first-order valence-electron chi connectivity index (χ1n) is 12.9. The van der Waals surface area contributed by atoms with Crippen molar-refractivity contribution >= 4 is 26.8 Å². The first-order chi connectivity index (χ1) is 18.2. The zero-order valence-corrected chi connectivity index (χ0v) is 22.0. The van der Waals surface area contributed by atoms with Crippen molar-refractivity contribution in [1.29, 1.82) is 0 Å². The van der Waals surface area contributed by atoms with E-state index < -0.39 is 21.2 Å². The predicted octanol–water partition coefficient (Wildman–Crippen LogP) is 4.92. The molecule has 8 heteroatoms. The van der Waals surface area contributed by atoms with Gasteiger partial charge in [0.2, 0.25) is 0 Å². The number of aliphatic carboxylic acids is 1. The van der Waals surface area contributed by atoms with Crippen LogP contribution in [0.3, 0.4) is 0 Å². The fourth-order valence-corrected chi connectivity index (χ4v) is 7.44. The number of hydrogen-bond acceptors (Lipinski definition) is 5. The minimum atomic E-state index is -2.98. The highest BCUT2D eigenvalue weighted by molar-refractivity contribution is 7.90. The van der Waals surface area contributed by atoms with E-state index in [1.807, 2.05) is 35.2 Å². The molecule has 4 aromatic rings. The molecule has 0 aliphatic heterocycles. The van der Waals surface area contributed by atoms with Crippen molar-refractivity contribution in [3.05, 3.63) is 83.2 Å². The van der Waals surface area contributed by atoms with E-state index in [4.69, 9.17) is 9.72 Å². The highest BCUT2D eigenvalue weighted by atomic mass is 32.2. The molecule has 8 rings (SSSR count). The SMILES string of the molecule is Cc1ccc(COc2ccc3c(c2)C2[C@@H]4[C@H]3[C@@]24C(=O)O)cc1-c1cnc2c(ccn2CCCS(C)(=O)=O)c1. The Hall–Kier alpha value is -3.65. The maximum Gasteiger partial charge on any atom is 0.311 e. The van der Waals surface area contributed by atoms with E-state index in [-0.39, 0.29) is 17.6 Å². The summed E-state index contributed by atoms with van der Waals surface area (Å²) in [5.74, 6) is 0.976. The Balaban J connectivity index is 1.07. The molecule has 2 fully saturated rings. The Morgan fingerprint density at radius 2 is 1.92 bits per heavy atom. The lowest BCUT2D eigenvalue weighted by Gasteiger charge is -2.12. The number of nitrogens with zero attached hydrogens (tertiary/aromatic N) is 2. The van der Waals surface area contributed by atoms with Crippen LogP contribution < -0.4 is 4.74 Å². The average molecular weight is 529 g/mol. The van der Waals surface area contributed by atoms with Crippen molar-refractivity contribution in [2.75, 3.05) is 12.0 Å². The van der Waals surface area contributed by atoms with E-state index in [2.05, 4.69) is 37.3 Å². The van der Waals surface area contributed by atoms with Gasteiger partial charge in [0.25, 0.3) is 0 Å². The number of ether oxygens (including phenoxy) is 1. The van der Waals surface area contributed by atoms with Gasteiger partial charge in [-0.3, -0.25) is 4.79 Å². The number of carbonyl (C=O) groups is 1. The molecule has 194 valence electrons. The molecular weight excluding hydrogens is 500 g/mol. The predicted molar refractivity (Wildman–Crippen MR) is 144 cm³/mol. The molecule has 38 heavy (non-hydrogen) atoms. The monoisotopic (exact) mass is 528 g/mol. The highest BCUT2D eigenvalue weighted by Gasteiger charge is 2.95. The zero-order chi connectivity index (χ0) is 26.4. The molecule has 2 bridgehead atoms. The van der Waals surface area contributed by atoms with Gasteiger partial charge in [-0.1, -0.05) is 18.2 Å². The van der Waals surface area contributed by atoms with Crippen LogP contribution >= 0.6 is 0 Å². The normalized spacial score (nSPS) is 24.2. The molecule has 0 saturated heterocycles. The van der Waals surface area contributed by atoms with Crippen LogP contribution in [-0.2, 0) is 27.8 Å². The summed E-state index contributed by atoms with van der Waals surface area (Å²) < 4.78 is 31.0. The molecule has 1 N–H and O–H groups in total. The van der Waals surface area contributed by atoms with Crippen LogP contribution in [0.25, 0.3) is 22.2 Å². The topological polar surface area (TPSA) is 98.5 Å². The third-order valence-corrected chi connectivity index (χ3v) is 9.74. The summed E-state index contributed by atoms with van der Waals surface area (Å²) in [6.45, 7) is 3.10. The number of benzene rings is 2. The number of rotatable bonds is 9. The van der Waals surface area contributed by atoms with Gasteiger partial charge >= 0.3 is 5.97 Å². The molecule has 4 atom stereocenters. The molecule has 7 nitrogen and oxygen atoms in total. The molecule has 2 aromatic carbocycles. The van der Waals surface area contributed by atoms with Crippen molar-refractivity contribution in [2.45, 2.75) is 38.3 Å². The van der Waals surface area contributed by atoms with E-state index in [9.17, 15) is 18.3 Å². The maximum atomic E-state index is 11.7. The van der Waals surface area contributed by atoms with Crippen molar-refractivity contribution < 1.29 is 23.1 Å².